The first-order valence-electron chi connectivity index (χ1n) is 6.01. The zero-order valence-corrected chi connectivity index (χ0v) is 11.6. The Morgan fingerprint density at radius 3 is 2.44 bits per heavy atom. The fraction of sp³-hybridized carbons (Fsp3) is 0.846. The molecular formula is C13H21NO4. The number of hydrogen-bond donors (Lipinski definition) is 1. The van der Waals surface area contributed by atoms with Gasteiger partial charge in [-0.25, -0.2) is 0 Å². The molecule has 5 nitrogen and oxygen atoms in total. The highest BCUT2D eigenvalue weighted by Crippen LogP contribution is 2.47. The second-order valence-electron chi connectivity index (χ2n) is 6.26. The van der Waals surface area contributed by atoms with E-state index in [2.05, 4.69) is 6.07 Å². The number of carboxylic acid groups (broad SMARTS) is 1. The monoisotopic (exact) mass is 255 g/mol. The topological polar surface area (TPSA) is 79.5 Å². The fourth-order valence-corrected chi connectivity index (χ4v) is 2.37. The number of carbonyl (C=O) groups is 1. The van der Waals surface area contributed by atoms with Crippen LogP contribution in [0.5, 0.6) is 0 Å². The summed E-state index contributed by atoms with van der Waals surface area (Å²) in [4.78, 5) is 11.1. The zero-order chi connectivity index (χ0) is 14.2. The minimum absolute atomic E-state index is 0.137. The van der Waals surface area contributed by atoms with Gasteiger partial charge in [-0.3, -0.25) is 4.79 Å². The first kappa shape index (κ1) is 14.9. The Kier molecular flexibility index (Phi) is 3.75. The molecule has 102 valence electrons. The second kappa shape index (κ2) is 4.52. The van der Waals surface area contributed by atoms with Crippen LogP contribution in [0, 0.1) is 16.7 Å². The molecule has 0 saturated carbocycles. The molecule has 0 bridgehead atoms. The van der Waals surface area contributed by atoms with Crippen molar-refractivity contribution in [2.24, 2.45) is 5.41 Å². The zero-order valence-electron chi connectivity index (χ0n) is 11.6. The standard InChI is InChI=1S/C13H21NO4/c1-11(2,3)13(7-10(15)16)6-9(8-14)17-12(4,5)18-13/h9H,6-7H2,1-5H3,(H,15,16)/t9?,13-/m1/s1. The molecular weight excluding hydrogens is 234 g/mol. The van der Waals surface area contributed by atoms with E-state index in [4.69, 9.17) is 19.8 Å². The van der Waals surface area contributed by atoms with E-state index in [-0.39, 0.29) is 12.8 Å². The molecule has 1 aliphatic heterocycles. The van der Waals surface area contributed by atoms with E-state index in [1.807, 2.05) is 20.8 Å². The van der Waals surface area contributed by atoms with Gasteiger partial charge in [-0.1, -0.05) is 20.8 Å². The number of aliphatic carboxylic acids is 1. The summed E-state index contributed by atoms with van der Waals surface area (Å²) in [5, 5.41) is 18.2. The summed E-state index contributed by atoms with van der Waals surface area (Å²) < 4.78 is 11.4. The molecule has 1 unspecified atom stereocenters. The third-order valence-electron chi connectivity index (χ3n) is 3.33. The van der Waals surface area contributed by atoms with Crippen molar-refractivity contribution >= 4 is 5.97 Å². The van der Waals surface area contributed by atoms with Crippen LogP contribution in [0.15, 0.2) is 0 Å². The molecule has 0 aromatic rings. The SMILES string of the molecule is CC1(C)OC(C#N)C[C@@](CC(=O)O)(C(C)(C)C)O1. The van der Waals surface area contributed by atoms with Gasteiger partial charge in [-0.05, 0) is 19.3 Å². The number of nitriles is 1. The molecule has 2 atom stereocenters. The van der Waals surface area contributed by atoms with Crippen LogP contribution >= 0.6 is 0 Å². The molecule has 0 radical (unpaired) electrons. The Balaban J connectivity index is 3.17. The Bertz CT molecular complexity index is 377. The van der Waals surface area contributed by atoms with E-state index < -0.39 is 28.9 Å². The Labute approximate surface area is 108 Å². The van der Waals surface area contributed by atoms with Crippen LogP contribution in [-0.4, -0.2) is 28.6 Å². The van der Waals surface area contributed by atoms with E-state index in [0.29, 0.717) is 0 Å². The lowest BCUT2D eigenvalue weighted by Gasteiger charge is -2.52. The van der Waals surface area contributed by atoms with Crippen LogP contribution in [0.3, 0.4) is 0 Å². The molecule has 0 amide bonds. The van der Waals surface area contributed by atoms with Crippen molar-refractivity contribution in [1.82, 2.24) is 0 Å². The van der Waals surface area contributed by atoms with Gasteiger partial charge in [0.2, 0.25) is 0 Å². The van der Waals surface area contributed by atoms with Crippen molar-refractivity contribution in [1.29, 1.82) is 5.26 Å². The predicted molar refractivity (Wildman–Crippen MR) is 64.7 cm³/mol. The van der Waals surface area contributed by atoms with Crippen LogP contribution in [0.4, 0.5) is 0 Å². The van der Waals surface area contributed by atoms with Gasteiger partial charge in [0.25, 0.3) is 0 Å². The van der Waals surface area contributed by atoms with Crippen molar-refractivity contribution < 1.29 is 19.4 Å². The number of hydrogen-bond acceptors (Lipinski definition) is 4. The maximum absolute atomic E-state index is 11.1. The fourth-order valence-electron chi connectivity index (χ4n) is 2.37. The van der Waals surface area contributed by atoms with E-state index in [0.717, 1.165) is 0 Å². The van der Waals surface area contributed by atoms with Gasteiger partial charge in [-0.15, -0.1) is 0 Å². The Morgan fingerprint density at radius 1 is 1.50 bits per heavy atom. The molecule has 0 aromatic carbocycles. The van der Waals surface area contributed by atoms with Crippen molar-refractivity contribution in [3.8, 4) is 6.07 Å². The lowest BCUT2D eigenvalue weighted by Crippen LogP contribution is -2.59. The highest BCUT2D eigenvalue weighted by molar-refractivity contribution is 5.68. The molecule has 0 aliphatic carbocycles. The van der Waals surface area contributed by atoms with E-state index in [1.165, 1.54) is 0 Å². The number of nitrogens with zero attached hydrogens (tertiary/aromatic N) is 1. The highest BCUT2D eigenvalue weighted by Gasteiger charge is 2.53. The van der Waals surface area contributed by atoms with Crippen LogP contribution < -0.4 is 0 Å². The van der Waals surface area contributed by atoms with Crippen molar-refractivity contribution in [3.63, 3.8) is 0 Å². The minimum atomic E-state index is -0.957. The molecule has 0 aromatic heterocycles. The maximum atomic E-state index is 11.1. The molecule has 18 heavy (non-hydrogen) atoms. The Morgan fingerprint density at radius 2 is 2.06 bits per heavy atom. The Hall–Kier alpha value is -1.12. The highest BCUT2D eigenvalue weighted by atomic mass is 16.7. The average molecular weight is 255 g/mol. The average Bonchev–Trinajstić information content (AvgIpc) is 2.11. The summed E-state index contributed by atoms with van der Waals surface area (Å²) in [7, 11) is 0. The van der Waals surface area contributed by atoms with Gasteiger partial charge >= 0.3 is 5.97 Å². The maximum Gasteiger partial charge on any atom is 0.306 e. The lowest BCUT2D eigenvalue weighted by atomic mass is 9.70. The first-order chi connectivity index (χ1) is 8.01. The molecule has 1 fully saturated rings. The summed E-state index contributed by atoms with van der Waals surface area (Å²) >= 11 is 0. The van der Waals surface area contributed by atoms with Crippen molar-refractivity contribution in [3.05, 3.63) is 0 Å². The summed E-state index contributed by atoms with van der Waals surface area (Å²) in [5.41, 5.74) is -1.30. The molecule has 1 heterocycles. The predicted octanol–water partition coefficient (Wildman–Crippen LogP) is 2.31. The van der Waals surface area contributed by atoms with E-state index >= 15 is 0 Å². The van der Waals surface area contributed by atoms with Crippen LogP contribution in [-0.2, 0) is 14.3 Å². The summed E-state index contributed by atoms with van der Waals surface area (Å²) in [6.07, 6.45) is -0.517. The number of ether oxygens (including phenoxy) is 2. The molecule has 1 N–H and O–H groups in total. The van der Waals surface area contributed by atoms with E-state index in [9.17, 15) is 4.79 Å². The largest absolute Gasteiger partial charge is 0.481 e. The summed E-state index contributed by atoms with van der Waals surface area (Å²) in [6, 6.07) is 2.06. The van der Waals surface area contributed by atoms with E-state index in [1.54, 1.807) is 13.8 Å². The van der Waals surface area contributed by atoms with Crippen molar-refractivity contribution in [2.75, 3.05) is 0 Å². The normalized spacial score (nSPS) is 31.7. The van der Waals surface area contributed by atoms with Crippen LogP contribution in [0.1, 0.15) is 47.5 Å². The van der Waals surface area contributed by atoms with Crippen LogP contribution in [0.2, 0.25) is 0 Å². The van der Waals surface area contributed by atoms with Gasteiger partial charge in [-0.2, -0.15) is 5.26 Å². The summed E-state index contributed by atoms with van der Waals surface area (Å²) in [5.74, 6) is -1.89. The quantitative estimate of drug-likeness (QED) is 0.819. The molecule has 0 spiro atoms. The molecule has 5 heteroatoms. The number of rotatable bonds is 2. The molecule has 1 rings (SSSR count). The van der Waals surface area contributed by atoms with Crippen molar-refractivity contribution in [2.45, 2.75) is 65.0 Å². The van der Waals surface area contributed by atoms with Gasteiger partial charge in [0.1, 0.15) is 6.10 Å². The second-order valence-corrected chi connectivity index (χ2v) is 6.26. The minimum Gasteiger partial charge on any atom is -0.481 e. The third-order valence-corrected chi connectivity index (χ3v) is 3.33. The first-order valence-corrected chi connectivity index (χ1v) is 6.01. The lowest BCUT2D eigenvalue weighted by molar-refractivity contribution is -0.346. The van der Waals surface area contributed by atoms with Gasteiger partial charge in [0.15, 0.2) is 5.79 Å². The smallest absolute Gasteiger partial charge is 0.306 e. The third kappa shape index (κ3) is 3.01. The van der Waals surface area contributed by atoms with Gasteiger partial charge in [0, 0.05) is 6.42 Å². The summed E-state index contributed by atoms with van der Waals surface area (Å²) in [6.45, 7) is 9.18. The molecule has 1 aliphatic rings. The molecule has 1 saturated heterocycles. The van der Waals surface area contributed by atoms with Gasteiger partial charge < -0.3 is 14.6 Å². The number of carboxylic acids is 1. The van der Waals surface area contributed by atoms with Crippen LogP contribution in [0.25, 0.3) is 0 Å². The van der Waals surface area contributed by atoms with Gasteiger partial charge in [0.05, 0.1) is 18.1 Å².